The number of unbranched alkanes of at least 4 members (excludes halogenated alkanes) is 2. The summed E-state index contributed by atoms with van der Waals surface area (Å²) in [5.74, 6) is -0.454. The van der Waals surface area contributed by atoms with E-state index < -0.39 is 0 Å². The van der Waals surface area contributed by atoms with Crippen LogP contribution in [0.1, 0.15) is 33.1 Å². The van der Waals surface area contributed by atoms with E-state index in [0.717, 1.165) is 25.8 Å². The van der Waals surface area contributed by atoms with Gasteiger partial charge in [0, 0.05) is 19.2 Å². The Bertz CT molecular complexity index is 380. The second-order valence-electron chi connectivity index (χ2n) is 4.01. The van der Waals surface area contributed by atoms with Gasteiger partial charge in [0.1, 0.15) is 5.82 Å². The van der Waals surface area contributed by atoms with Gasteiger partial charge >= 0.3 is 0 Å². The molecule has 17 heavy (non-hydrogen) atoms. The molecule has 94 valence electrons. The van der Waals surface area contributed by atoms with Crippen LogP contribution in [0.5, 0.6) is 0 Å². The minimum absolute atomic E-state index is 0.159. The van der Waals surface area contributed by atoms with E-state index in [1.807, 2.05) is 0 Å². The average Bonchev–Trinajstić information content (AvgIpc) is 2.28. The first kappa shape index (κ1) is 13.5. The number of halogens is 1. The van der Waals surface area contributed by atoms with E-state index in [1.165, 1.54) is 13.0 Å². The van der Waals surface area contributed by atoms with Crippen molar-refractivity contribution in [3.05, 3.63) is 24.0 Å². The van der Waals surface area contributed by atoms with Gasteiger partial charge < -0.3 is 10.6 Å². The molecule has 0 spiro atoms. The maximum atomic E-state index is 13.4. The van der Waals surface area contributed by atoms with Gasteiger partial charge in [-0.1, -0.05) is 19.8 Å². The van der Waals surface area contributed by atoms with Crippen LogP contribution in [0.3, 0.4) is 0 Å². The molecule has 3 nitrogen and oxygen atoms in total. The molecular weight excluding hydrogens is 219 g/mol. The molecule has 2 N–H and O–H groups in total. The molecule has 0 aromatic heterocycles. The highest BCUT2D eigenvalue weighted by Gasteiger charge is 2.03. The maximum absolute atomic E-state index is 13.4. The third-order valence-corrected chi connectivity index (χ3v) is 2.38. The molecule has 0 aliphatic carbocycles. The molecule has 0 aliphatic rings. The van der Waals surface area contributed by atoms with E-state index in [9.17, 15) is 9.18 Å². The van der Waals surface area contributed by atoms with Crippen molar-refractivity contribution in [2.45, 2.75) is 33.1 Å². The Morgan fingerprint density at radius 1 is 1.35 bits per heavy atom. The molecule has 0 aliphatic heterocycles. The van der Waals surface area contributed by atoms with Gasteiger partial charge in [-0.3, -0.25) is 4.79 Å². The third-order valence-electron chi connectivity index (χ3n) is 2.38. The van der Waals surface area contributed by atoms with Crippen LogP contribution in [0.25, 0.3) is 0 Å². The minimum atomic E-state index is -0.296. The lowest BCUT2D eigenvalue weighted by Crippen LogP contribution is -2.08. The molecule has 0 unspecified atom stereocenters. The molecule has 1 aromatic rings. The fourth-order valence-electron chi connectivity index (χ4n) is 1.54. The SMILES string of the molecule is CCCCCNc1cc(NC(C)=O)ccc1F. The Morgan fingerprint density at radius 2 is 2.12 bits per heavy atom. The van der Waals surface area contributed by atoms with Crippen molar-refractivity contribution >= 4 is 17.3 Å². The van der Waals surface area contributed by atoms with Crippen molar-refractivity contribution in [1.82, 2.24) is 0 Å². The summed E-state index contributed by atoms with van der Waals surface area (Å²) in [6, 6.07) is 4.52. The van der Waals surface area contributed by atoms with Gasteiger partial charge in [0.25, 0.3) is 0 Å². The van der Waals surface area contributed by atoms with Crippen LogP contribution in [0.4, 0.5) is 15.8 Å². The second-order valence-corrected chi connectivity index (χ2v) is 4.01. The molecule has 0 atom stereocenters. The molecular formula is C13H19FN2O. The lowest BCUT2D eigenvalue weighted by molar-refractivity contribution is -0.114. The van der Waals surface area contributed by atoms with Crippen LogP contribution in [-0.4, -0.2) is 12.5 Å². The number of amides is 1. The normalized spacial score (nSPS) is 10.1. The monoisotopic (exact) mass is 238 g/mol. The van der Waals surface area contributed by atoms with Gasteiger partial charge in [-0.15, -0.1) is 0 Å². The topological polar surface area (TPSA) is 41.1 Å². The molecule has 1 aromatic carbocycles. The van der Waals surface area contributed by atoms with E-state index >= 15 is 0 Å². The zero-order valence-corrected chi connectivity index (χ0v) is 10.3. The number of carbonyl (C=O) groups is 1. The first-order valence-corrected chi connectivity index (χ1v) is 5.94. The molecule has 0 heterocycles. The van der Waals surface area contributed by atoms with E-state index in [4.69, 9.17) is 0 Å². The smallest absolute Gasteiger partial charge is 0.221 e. The summed E-state index contributed by atoms with van der Waals surface area (Å²) in [5, 5.41) is 5.66. The van der Waals surface area contributed by atoms with Crippen molar-refractivity contribution in [2.75, 3.05) is 17.2 Å². The summed E-state index contributed by atoms with van der Waals surface area (Å²) in [6.07, 6.45) is 3.27. The summed E-state index contributed by atoms with van der Waals surface area (Å²) in [7, 11) is 0. The standard InChI is InChI=1S/C13H19FN2O/c1-3-4-5-8-15-13-9-11(16-10(2)17)6-7-12(13)14/h6-7,9,15H,3-5,8H2,1-2H3,(H,16,17). The van der Waals surface area contributed by atoms with Gasteiger partial charge in [-0.25, -0.2) is 4.39 Å². The molecule has 0 bridgehead atoms. The Morgan fingerprint density at radius 3 is 2.76 bits per heavy atom. The number of nitrogens with one attached hydrogen (secondary N) is 2. The van der Waals surface area contributed by atoms with Gasteiger partial charge in [0.2, 0.25) is 5.91 Å². The lowest BCUT2D eigenvalue weighted by Gasteiger charge is -2.09. The Balaban J connectivity index is 2.59. The number of rotatable bonds is 6. The number of carbonyl (C=O) groups excluding carboxylic acids is 1. The molecule has 0 saturated carbocycles. The third kappa shape index (κ3) is 4.85. The van der Waals surface area contributed by atoms with Crippen molar-refractivity contribution in [3.63, 3.8) is 0 Å². The van der Waals surface area contributed by atoms with Gasteiger partial charge in [-0.05, 0) is 24.6 Å². The van der Waals surface area contributed by atoms with E-state index in [0.29, 0.717) is 11.4 Å². The summed E-state index contributed by atoms with van der Waals surface area (Å²) in [4.78, 5) is 10.9. The Labute approximate surface area is 101 Å². The first-order valence-electron chi connectivity index (χ1n) is 5.94. The fourth-order valence-corrected chi connectivity index (χ4v) is 1.54. The molecule has 1 rings (SSSR count). The van der Waals surface area contributed by atoms with Crippen LogP contribution in [0.2, 0.25) is 0 Å². The van der Waals surface area contributed by atoms with Gasteiger partial charge in [0.05, 0.1) is 5.69 Å². The summed E-state index contributed by atoms with van der Waals surface area (Å²) < 4.78 is 13.4. The largest absolute Gasteiger partial charge is 0.383 e. The first-order chi connectivity index (χ1) is 8.13. The average molecular weight is 238 g/mol. The predicted octanol–water partition coefficient (Wildman–Crippen LogP) is 3.39. The van der Waals surface area contributed by atoms with Crippen LogP contribution >= 0.6 is 0 Å². The van der Waals surface area contributed by atoms with Crippen molar-refractivity contribution in [1.29, 1.82) is 0 Å². The fraction of sp³-hybridized carbons (Fsp3) is 0.462. The van der Waals surface area contributed by atoms with Crippen LogP contribution in [-0.2, 0) is 4.79 Å². The van der Waals surface area contributed by atoms with Crippen LogP contribution in [0.15, 0.2) is 18.2 Å². The number of hydrogen-bond donors (Lipinski definition) is 2. The molecule has 4 heteroatoms. The van der Waals surface area contributed by atoms with Gasteiger partial charge in [0.15, 0.2) is 0 Å². The summed E-state index contributed by atoms with van der Waals surface area (Å²) >= 11 is 0. The number of anilines is 2. The quantitative estimate of drug-likeness (QED) is 0.746. The molecule has 0 saturated heterocycles. The zero-order chi connectivity index (χ0) is 12.7. The number of hydrogen-bond acceptors (Lipinski definition) is 2. The lowest BCUT2D eigenvalue weighted by atomic mass is 10.2. The summed E-state index contributed by atoms with van der Waals surface area (Å²) in [6.45, 7) is 4.30. The molecule has 0 fully saturated rings. The van der Waals surface area contributed by atoms with Crippen molar-refractivity contribution in [2.24, 2.45) is 0 Å². The Hall–Kier alpha value is -1.58. The zero-order valence-electron chi connectivity index (χ0n) is 10.3. The van der Waals surface area contributed by atoms with E-state index in [-0.39, 0.29) is 11.7 Å². The molecule has 0 radical (unpaired) electrons. The van der Waals surface area contributed by atoms with Crippen LogP contribution < -0.4 is 10.6 Å². The highest BCUT2D eigenvalue weighted by atomic mass is 19.1. The van der Waals surface area contributed by atoms with E-state index in [1.54, 1.807) is 12.1 Å². The van der Waals surface area contributed by atoms with Gasteiger partial charge in [-0.2, -0.15) is 0 Å². The van der Waals surface area contributed by atoms with Crippen molar-refractivity contribution < 1.29 is 9.18 Å². The second kappa shape index (κ2) is 6.89. The van der Waals surface area contributed by atoms with Crippen molar-refractivity contribution in [3.8, 4) is 0 Å². The summed E-state index contributed by atoms with van der Waals surface area (Å²) in [5.41, 5.74) is 1.05. The highest BCUT2D eigenvalue weighted by molar-refractivity contribution is 5.89. The highest BCUT2D eigenvalue weighted by Crippen LogP contribution is 2.19. The van der Waals surface area contributed by atoms with Crippen LogP contribution in [0, 0.1) is 5.82 Å². The minimum Gasteiger partial charge on any atom is -0.383 e. The Kier molecular flexibility index (Phi) is 5.46. The maximum Gasteiger partial charge on any atom is 0.221 e. The van der Waals surface area contributed by atoms with E-state index in [2.05, 4.69) is 17.6 Å². The molecule has 1 amide bonds. The predicted molar refractivity (Wildman–Crippen MR) is 68.7 cm³/mol. The number of benzene rings is 1.